The minimum absolute atomic E-state index is 0.0714. The summed E-state index contributed by atoms with van der Waals surface area (Å²) >= 11 is 3.46. The molecule has 0 aliphatic carbocycles. The van der Waals surface area contributed by atoms with Crippen LogP contribution < -0.4 is 5.73 Å². The van der Waals surface area contributed by atoms with Gasteiger partial charge in [0.05, 0.1) is 2.88 Å². The van der Waals surface area contributed by atoms with Gasteiger partial charge in [0.2, 0.25) is 0 Å². The van der Waals surface area contributed by atoms with Crippen LogP contribution in [0.3, 0.4) is 0 Å². The van der Waals surface area contributed by atoms with Gasteiger partial charge in [-0.3, -0.25) is 0 Å². The Morgan fingerprint density at radius 2 is 2.07 bits per heavy atom. The third-order valence-corrected chi connectivity index (χ3v) is 3.90. The fourth-order valence-electron chi connectivity index (χ4n) is 1.31. The van der Waals surface area contributed by atoms with Gasteiger partial charge in [-0.1, -0.05) is 0 Å². The Kier molecular flexibility index (Phi) is 2.61. The smallest absolute Gasteiger partial charge is 0.265 e. The Balaban J connectivity index is 2.81. The minimum atomic E-state index is -2.44. The van der Waals surface area contributed by atoms with Gasteiger partial charge in [-0.2, -0.15) is 0 Å². The molecule has 2 N–H and O–H groups in total. The summed E-state index contributed by atoms with van der Waals surface area (Å²) in [4.78, 5) is 0. The van der Waals surface area contributed by atoms with E-state index in [4.69, 9.17) is 5.73 Å². The zero-order chi connectivity index (χ0) is 10.3. The Hall–Kier alpha value is -0.430. The largest absolute Gasteiger partial charge is 0.398 e. The molecule has 14 heavy (non-hydrogen) atoms. The number of nitrogen functional groups attached to an aromatic ring is 1. The van der Waals surface area contributed by atoms with Crippen molar-refractivity contribution in [3.63, 3.8) is 0 Å². The zero-order valence-electron chi connectivity index (χ0n) is 6.93. The summed E-state index contributed by atoms with van der Waals surface area (Å²) in [5.74, 6) is 0. The zero-order valence-corrected chi connectivity index (χ0v) is 9.90. The summed E-state index contributed by atoms with van der Waals surface area (Å²) in [6.07, 6.45) is -2.44. The first kappa shape index (κ1) is 10.1. The Bertz CT molecular complexity index is 481. The highest BCUT2D eigenvalue weighted by Gasteiger charge is 2.14. The second-order valence-corrected chi connectivity index (χ2v) is 5.78. The van der Waals surface area contributed by atoms with Crippen molar-refractivity contribution in [2.45, 2.75) is 6.43 Å². The molecule has 0 bridgehead atoms. The monoisotopic (exact) mass is 325 g/mol. The SMILES string of the molecule is Nc1ccc(C(F)F)c2sc(I)cc12. The molecule has 0 spiro atoms. The van der Waals surface area contributed by atoms with E-state index in [2.05, 4.69) is 22.6 Å². The number of thiophene rings is 1. The van der Waals surface area contributed by atoms with Crippen molar-refractivity contribution in [3.05, 3.63) is 26.6 Å². The summed E-state index contributed by atoms with van der Waals surface area (Å²) in [6, 6.07) is 4.77. The van der Waals surface area contributed by atoms with E-state index in [0.29, 0.717) is 10.4 Å². The molecule has 0 radical (unpaired) electrons. The van der Waals surface area contributed by atoms with Crippen LogP contribution in [0, 0.1) is 2.88 Å². The molecule has 2 rings (SSSR count). The number of alkyl halides is 2. The highest BCUT2D eigenvalue weighted by atomic mass is 127. The number of anilines is 1. The minimum Gasteiger partial charge on any atom is -0.398 e. The maximum atomic E-state index is 12.6. The fraction of sp³-hybridized carbons (Fsp3) is 0.111. The van der Waals surface area contributed by atoms with Crippen LogP contribution in [0.5, 0.6) is 0 Å². The molecule has 0 fully saturated rings. The van der Waals surface area contributed by atoms with Gasteiger partial charge >= 0.3 is 0 Å². The fourth-order valence-corrected chi connectivity index (χ4v) is 3.21. The van der Waals surface area contributed by atoms with Crippen LogP contribution in [-0.4, -0.2) is 0 Å². The number of nitrogens with two attached hydrogens (primary N) is 1. The van der Waals surface area contributed by atoms with Crippen LogP contribution in [-0.2, 0) is 0 Å². The number of halogens is 3. The van der Waals surface area contributed by atoms with Crippen molar-refractivity contribution in [1.82, 2.24) is 0 Å². The van der Waals surface area contributed by atoms with Crippen molar-refractivity contribution in [2.75, 3.05) is 5.73 Å². The van der Waals surface area contributed by atoms with Crippen LogP contribution >= 0.6 is 33.9 Å². The maximum Gasteiger partial charge on any atom is 0.265 e. The Labute approximate surface area is 97.1 Å². The number of benzene rings is 1. The van der Waals surface area contributed by atoms with Gasteiger partial charge in [-0.15, -0.1) is 11.3 Å². The number of rotatable bonds is 1. The number of hydrogen-bond donors (Lipinski definition) is 1. The van der Waals surface area contributed by atoms with Gasteiger partial charge < -0.3 is 5.73 Å². The third-order valence-electron chi connectivity index (χ3n) is 1.95. The van der Waals surface area contributed by atoms with E-state index in [9.17, 15) is 8.78 Å². The molecule has 0 aliphatic heterocycles. The van der Waals surface area contributed by atoms with Crippen molar-refractivity contribution in [3.8, 4) is 0 Å². The van der Waals surface area contributed by atoms with Crippen molar-refractivity contribution >= 4 is 49.7 Å². The topological polar surface area (TPSA) is 26.0 Å². The molecule has 0 unspecified atom stereocenters. The molecule has 5 heteroatoms. The van der Waals surface area contributed by atoms with E-state index >= 15 is 0 Å². The molecule has 0 saturated heterocycles. The standard InChI is InChI=1S/C9H6F2INS/c10-9(11)4-1-2-6(13)5-3-7(12)14-8(4)5/h1-3,9H,13H2. The van der Waals surface area contributed by atoms with Crippen molar-refractivity contribution in [2.24, 2.45) is 0 Å². The molecule has 1 heterocycles. The van der Waals surface area contributed by atoms with Crippen LogP contribution in [0.2, 0.25) is 0 Å². The summed E-state index contributed by atoms with van der Waals surface area (Å²) in [6.45, 7) is 0. The van der Waals surface area contributed by atoms with Crippen LogP contribution in [0.25, 0.3) is 10.1 Å². The van der Waals surface area contributed by atoms with E-state index in [1.54, 1.807) is 0 Å². The molecule has 1 aromatic carbocycles. The van der Waals surface area contributed by atoms with Gasteiger partial charge in [0, 0.05) is 21.3 Å². The van der Waals surface area contributed by atoms with Gasteiger partial charge in [0.1, 0.15) is 0 Å². The van der Waals surface area contributed by atoms with E-state index < -0.39 is 6.43 Å². The number of fused-ring (bicyclic) bond motifs is 1. The Morgan fingerprint density at radius 1 is 1.36 bits per heavy atom. The molecule has 2 aromatic rings. The molecule has 0 aliphatic rings. The van der Waals surface area contributed by atoms with E-state index in [1.807, 2.05) is 6.07 Å². The average molecular weight is 325 g/mol. The van der Waals surface area contributed by atoms with E-state index in [0.717, 1.165) is 8.27 Å². The first-order valence-electron chi connectivity index (χ1n) is 3.85. The lowest BCUT2D eigenvalue weighted by molar-refractivity contribution is 0.153. The number of hydrogen-bond acceptors (Lipinski definition) is 2. The second kappa shape index (κ2) is 3.62. The highest BCUT2D eigenvalue weighted by molar-refractivity contribution is 14.1. The first-order valence-corrected chi connectivity index (χ1v) is 5.74. The predicted molar refractivity (Wildman–Crippen MR) is 63.9 cm³/mol. The molecular weight excluding hydrogens is 319 g/mol. The summed E-state index contributed by atoms with van der Waals surface area (Å²) < 4.78 is 26.8. The highest BCUT2D eigenvalue weighted by Crippen LogP contribution is 2.37. The Morgan fingerprint density at radius 3 is 2.71 bits per heavy atom. The molecule has 1 aromatic heterocycles. The summed E-state index contributed by atoms with van der Waals surface area (Å²) in [5.41, 5.74) is 6.33. The summed E-state index contributed by atoms with van der Waals surface area (Å²) in [7, 11) is 0. The van der Waals surface area contributed by atoms with Gasteiger partial charge in [-0.05, 0) is 40.8 Å². The lowest BCUT2D eigenvalue weighted by Crippen LogP contribution is -1.89. The van der Waals surface area contributed by atoms with Crippen LogP contribution in [0.4, 0.5) is 14.5 Å². The van der Waals surface area contributed by atoms with E-state index in [-0.39, 0.29) is 5.56 Å². The quantitative estimate of drug-likeness (QED) is 0.622. The summed E-state index contributed by atoms with van der Waals surface area (Å²) in [5, 5.41) is 0.734. The first-order chi connectivity index (χ1) is 6.59. The lowest BCUT2D eigenvalue weighted by atomic mass is 10.1. The maximum absolute atomic E-state index is 12.6. The predicted octanol–water partition coefficient (Wildman–Crippen LogP) is 4.03. The van der Waals surface area contributed by atoms with E-state index in [1.165, 1.54) is 23.5 Å². The molecule has 0 saturated carbocycles. The van der Waals surface area contributed by atoms with Crippen LogP contribution in [0.1, 0.15) is 12.0 Å². The van der Waals surface area contributed by atoms with Crippen molar-refractivity contribution < 1.29 is 8.78 Å². The molecular formula is C9H6F2INS. The second-order valence-electron chi connectivity index (χ2n) is 2.84. The average Bonchev–Trinajstić information content (AvgIpc) is 2.47. The van der Waals surface area contributed by atoms with Gasteiger partial charge in [-0.25, -0.2) is 8.78 Å². The van der Waals surface area contributed by atoms with Crippen molar-refractivity contribution in [1.29, 1.82) is 0 Å². The van der Waals surface area contributed by atoms with Crippen LogP contribution in [0.15, 0.2) is 18.2 Å². The van der Waals surface area contributed by atoms with Gasteiger partial charge in [0.25, 0.3) is 6.43 Å². The molecule has 0 atom stereocenters. The lowest BCUT2D eigenvalue weighted by Gasteiger charge is -2.02. The van der Waals surface area contributed by atoms with Gasteiger partial charge in [0.15, 0.2) is 0 Å². The third kappa shape index (κ3) is 1.58. The molecule has 74 valence electrons. The normalized spacial score (nSPS) is 11.4. The molecule has 0 amide bonds. The molecule has 1 nitrogen and oxygen atoms in total.